The molecule has 134 valence electrons. The molecule has 1 amide bonds. The van der Waals surface area contributed by atoms with Crippen LogP contribution >= 0.6 is 11.3 Å². The summed E-state index contributed by atoms with van der Waals surface area (Å²) in [7, 11) is 0. The Morgan fingerprint density at radius 3 is 2.76 bits per heavy atom. The Balaban J connectivity index is 1.43. The van der Waals surface area contributed by atoms with Crippen molar-refractivity contribution in [1.82, 2.24) is 9.88 Å². The summed E-state index contributed by atoms with van der Waals surface area (Å²) in [6.45, 7) is 1.49. The average molecular weight is 369 g/mol. The predicted octanol–water partition coefficient (Wildman–Crippen LogP) is 3.52. The fraction of sp³-hybridized carbons (Fsp3) is 0.529. The Hall–Kier alpha value is -1.83. The van der Waals surface area contributed by atoms with E-state index in [-0.39, 0.29) is 43.6 Å². The molecule has 4 rings (SSSR count). The molecular weight excluding hydrogens is 351 g/mol. The van der Waals surface area contributed by atoms with Crippen molar-refractivity contribution in [3.63, 3.8) is 0 Å². The number of nitrogens with zero attached hydrogens (tertiary/aromatic N) is 3. The first kappa shape index (κ1) is 16.6. The normalized spacial score (nSPS) is 23.4. The maximum atomic E-state index is 13.3. The van der Waals surface area contributed by atoms with Gasteiger partial charge in [-0.3, -0.25) is 4.79 Å². The standard InChI is InChI=1S/C17H18F3N3OS/c18-12-1-2-13-14(9-12)25-16(21-13)23-6-3-11(10-23)15(24)22-7-4-17(19,20)5-8-22/h1-2,9,11H,3-8,10H2. The monoisotopic (exact) mass is 369 g/mol. The Bertz CT molecular complexity index is 800. The number of hydrogen-bond acceptors (Lipinski definition) is 4. The average Bonchev–Trinajstić information content (AvgIpc) is 3.20. The quantitative estimate of drug-likeness (QED) is 0.813. The molecule has 1 atom stereocenters. The zero-order chi connectivity index (χ0) is 17.6. The van der Waals surface area contributed by atoms with E-state index in [0.717, 1.165) is 15.3 Å². The first-order valence-electron chi connectivity index (χ1n) is 8.39. The SMILES string of the molecule is O=C(C1CCN(c2nc3ccc(F)cc3s2)C1)N1CCC(F)(F)CC1. The lowest BCUT2D eigenvalue weighted by Crippen LogP contribution is -2.45. The van der Waals surface area contributed by atoms with Gasteiger partial charge < -0.3 is 9.80 Å². The highest BCUT2D eigenvalue weighted by molar-refractivity contribution is 7.22. The first-order valence-corrected chi connectivity index (χ1v) is 9.21. The third-order valence-corrected chi connectivity index (χ3v) is 6.03. The van der Waals surface area contributed by atoms with Gasteiger partial charge in [0, 0.05) is 39.0 Å². The van der Waals surface area contributed by atoms with Gasteiger partial charge in [0.15, 0.2) is 5.13 Å². The molecule has 0 spiro atoms. The van der Waals surface area contributed by atoms with Gasteiger partial charge in [-0.25, -0.2) is 18.2 Å². The lowest BCUT2D eigenvalue weighted by atomic mass is 10.0. The number of likely N-dealkylation sites (tertiary alicyclic amines) is 1. The van der Waals surface area contributed by atoms with E-state index in [1.807, 2.05) is 4.90 Å². The molecule has 8 heteroatoms. The van der Waals surface area contributed by atoms with Gasteiger partial charge in [0.1, 0.15) is 5.82 Å². The van der Waals surface area contributed by atoms with Crippen LogP contribution in [0.25, 0.3) is 10.2 Å². The molecule has 0 aliphatic carbocycles. The van der Waals surface area contributed by atoms with Crippen LogP contribution in [0.1, 0.15) is 19.3 Å². The van der Waals surface area contributed by atoms with E-state index in [9.17, 15) is 18.0 Å². The number of fused-ring (bicyclic) bond motifs is 1. The molecule has 2 aliphatic heterocycles. The van der Waals surface area contributed by atoms with Crippen LogP contribution in [0.5, 0.6) is 0 Å². The van der Waals surface area contributed by atoms with Gasteiger partial charge in [-0.15, -0.1) is 0 Å². The Morgan fingerprint density at radius 1 is 1.24 bits per heavy atom. The Morgan fingerprint density at radius 2 is 2.00 bits per heavy atom. The summed E-state index contributed by atoms with van der Waals surface area (Å²) in [6.07, 6.45) is 0.188. The molecule has 0 N–H and O–H groups in total. The van der Waals surface area contributed by atoms with Crippen molar-refractivity contribution in [3.8, 4) is 0 Å². The van der Waals surface area contributed by atoms with E-state index in [4.69, 9.17) is 0 Å². The van der Waals surface area contributed by atoms with Crippen LogP contribution in [0.15, 0.2) is 18.2 Å². The number of carbonyl (C=O) groups excluding carboxylic acids is 1. The molecule has 2 aromatic rings. The highest BCUT2D eigenvalue weighted by Crippen LogP contribution is 2.34. The first-order chi connectivity index (χ1) is 11.9. The van der Waals surface area contributed by atoms with Crippen molar-refractivity contribution >= 4 is 32.6 Å². The summed E-state index contributed by atoms with van der Waals surface area (Å²) in [5.41, 5.74) is 0.745. The Kier molecular flexibility index (Phi) is 4.10. The number of anilines is 1. The summed E-state index contributed by atoms with van der Waals surface area (Å²) in [6, 6.07) is 4.49. The second-order valence-corrected chi connectivity index (χ2v) is 7.73. The minimum atomic E-state index is -2.64. The third kappa shape index (κ3) is 3.31. The van der Waals surface area contributed by atoms with Crippen molar-refractivity contribution < 1.29 is 18.0 Å². The molecule has 0 radical (unpaired) electrons. The fourth-order valence-electron chi connectivity index (χ4n) is 3.47. The molecule has 2 aliphatic rings. The second kappa shape index (κ2) is 6.16. The lowest BCUT2D eigenvalue weighted by molar-refractivity contribution is -0.140. The zero-order valence-electron chi connectivity index (χ0n) is 13.6. The minimum absolute atomic E-state index is 0.0369. The van der Waals surface area contributed by atoms with Crippen LogP contribution in [0.3, 0.4) is 0 Å². The van der Waals surface area contributed by atoms with Gasteiger partial charge in [-0.05, 0) is 24.6 Å². The van der Waals surface area contributed by atoms with Gasteiger partial charge in [-0.2, -0.15) is 0 Å². The summed E-state index contributed by atoms with van der Waals surface area (Å²) in [5, 5.41) is 0.779. The van der Waals surface area contributed by atoms with Gasteiger partial charge >= 0.3 is 0 Å². The number of aromatic nitrogens is 1. The van der Waals surface area contributed by atoms with Gasteiger partial charge in [-0.1, -0.05) is 11.3 Å². The van der Waals surface area contributed by atoms with Crippen LogP contribution in [-0.2, 0) is 4.79 Å². The number of carbonyl (C=O) groups is 1. The number of piperidine rings is 1. The molecule has 0 saturated carbocycles. The number of rotatable bonds is 2. The van der Waals surface area contributed by atoms with E-state index in [1.54, 1.807) is 11.0 Å². The number of alkyl halides is 2. The third-order valence-electron chi connectivity index (χ3n) is 4.95. The van der Waals surface area contributed by atoms with Crippen molar-refractivity contribution in [1.29, 1.82) is 0 Å². The number of hydrogen-bond donors (Lipinski definition) is 0. The molecule has 1 aromatic heterocycles. The predicted molar refractivity (Wildman–Crippen MR) is 90.7 cm³/mol. The summed E-state index contributed by atoms with van der Waals surface area (Å²) in [4.78, 5) is 20.7. The highest BCUT2D eigenvalue weighted by Gasteiger charge is 2.39. The molecule has 2 saturated heterocycles. The van der Waals surface area contributed by atoms with Crippen LogP contribution in [0.2, 0.25) is 0 Å². The number of thiazole rings is 1. The van der Waals surface area contributed by atoms with Crippen LogP contribution < -0.4 is 4.90 Å². The molecule has 1 unspecified atom stereocenters. The smallest absolute Gasteiger partial charge is 0.251 e. The highest BCUT2D eigenvalue weighted by atomic mass is 32.1. The molecule has 3 heterocycles. The van der Waals surface area contributed by atoms with E-state index < -0.39 is 5.92 Å². The van der Waals surface area contributed by atoms with Gasteiger partial charge in [0.25, 0.3) is 5.92 Å². The fourth-order valence-corrected chi connectivity index (χ4v) is 4.49. The van der Waals surface area contributed by atoms with Gasteiger partial charge in [0.05, 0.1) is 16.1 Å². The van der Waals surface area contributed by atoms with E-state index in [2.05, 4.69) is 4.98 Å². The second-order valence-electron chi connectivity index (χ2n) is 6.72. The molecule has 1 aromatic carbocycles. The van der Waals surface area contributed by atoms with Gasteiger partial charge in [0.2, 0.25) is 5.91 Å². The summed E-state index contributed by atoms with van der Waals surface area (Å²) >= 11 is 1.41. The van der Waals surface area contributed by atoms with Crippen molar-refractivity contribution in [2.24, 2.45) is 5.92 Å². The Labute approximate surface area is 147 Å². The lowest BCUT2D eigenvalue weighted by Gasteiger charge is -2.33. The zero-order valence-corrected chi connectivity index (χ0v) is 14.4. The molecule has 2 fully saturated rings. The molecule has 4 nitrogen and oxygen atoms in total. The maximum absolute atomic E-state index is 13.3. The summed E-state index contributed by atoms with van der Waals surface area (Å²) in [5.74, 6) is -3.16. The van der Waals surface area contributed by atoms with Crippen molar-refractivity contribution in [3.05, 3.63) is 24.0 Å². The molecular formula is C17H18F3N3OS. The number of amides is 1. The maximum Gasteiger partial charge on any atom is 0.251 e. The largest absolute Gasteiger partial charge is 0.347 e. The molecule has 25 heavy (non-hydrogen) atoms. The van der Waals surface area contributed by atoms with Crippen LogP contribution in [0, 0.1) is 11.7 Å². The van der Waals surface area contributed by atoms with Crippen molar-refractivity contribution in [2.75, 3.05) is 31.1 Å². The van der Waals surface area contributed by atoms with Crippen LogP contribution in [0.4, 0.5) is 18.3 Å². The van der Waals surface area contributed by atoms with Crippen LogP contribution in [-0.4, -0.2) is 47.9 Å². The molecule has 0 bridgehead atoms. The summed E-state index contributed by atoms with van der Waals surface area (Å²) < 4.78 is 40.6. The number of halogens is 3. The topological polar surface area (TPSA) is 36.4 Å². The van der Waals surface area contributed by atoms with E-state index in [0.29, 0.717) is 19.5 Å². The van der Waals surface area contributed by atoms with Crippen molar-refractivity contribution in [2.45, 2.75) is 25.2 Å². The minimum Gasteiger partial charge on any atom is -0.347 e. The number of benzene rings is 1. The van der Waals surface area contributed by atoms with E-state index in [1.165, 1.54) is 23.5 Å². The van der Waals surface area contributed by atoms with E-state index >= 15 is 0 Å².